The highest BCUT2D eigenvalue weighted by Gasteiger charge is 2.23. The molecule has 1 rings (SSSR count). The molecular formula is C12H18Cl2N2O2S. The van der Waals surface area contributed by atoms with E-state index in [9.17, 15) is 8.42 Å². The number of benzene rings is 1. The van der Waals surface area contributed by atoms with Gasteiger partial charge in [-0.25, -0.2) is 13.1 Å². The summed E-state index contributed by atoms with van der Waals surface area (Å²) in [5.74, 6) is 0. The minimum absolute atomic E-state index is 0.0452. The molecule has 0 aliphatic heterocycles. The normalized spacial score (nSPS) is 13.6. The molecule has 0 aliphatic carbocycles. The predicted molar refractivity (Wildman–Crippen MR) is 79.4 cm³/mol. The van der Waals surface area contributed by atoms with Gasteiger partial charge in [0.2, 0.25) is 10.0 Å². The predicted octanol–water partition coefficient (Wildman–Crippen LogP) is 2.63. The van der Waals surface area contributed by atoms with Crippen LogP contribution in [0, 0.1) is 13.8 Å². The van der Waals surface area contributed by atoms with E-state index in [0.717, 1.165) is 0 Å². The molecular weight excluding hydrogens is 307 g/mol. The average Bonchev–Trinajstić information content (AvgIpc) is 2.25. The quantitative estimate of drug-likeness (QED) is 0.874. The van der Waals surface area contributed by atoms with E-state index in [1.54, 1.807) is 19.9 Å². The Hall–Kier alpha value is -0.330. The Labute approximate surface area is 124 Å². The van der Waals surface area contributed by atoms with Crippen LogP contribution in [0.1, 0.15) is 24.5 Å². The zero-order chi connectivity index (χ0) is 14.8. The molecule has 1 aromatic rings. The summed E-state index contributed by atoms with van der Waals surface area (Å²) >= 11 is 12.1. The summed E-state index contributed by atoms with van der Waals surface area (Å²) in [6.45, 7) is 5.43. The highest BCUT2D eigenvalue weighted by atomic mass is 35.5. The summed E-state index contributed by atoms with van der Waals surface area (Å²) in [4.78, 5) is 0.0452. The highest BCUT2D eigenvalue weighted by molar-refractivity contribution is 7.89. The van der Waals surface area contributed by atoms with E-state index in [1.165, 1.54) is 0 Å². The van der Waals surface area contributed by atoms with Gasteiger partial charge in [0.05, 0.1) is 5.02 Å². The Morgan fingerprint density at radius 1 is 1.37 bits per heavy atom. The summed E-state index contributed by atoms with van der Waals surface area (Å²) in [5, 5.41) is 0.588. The second kappa shape index (κ2) is 6.41. The molecule has 0 saturated heterocycles. The molecule has 1 aromatic carbocycles. The number of nitrogens with two attached hydrogens (primary N) is 1. The van der Waals surface area contributed by atoms with Gasteiger partial charge in [0.15, 0.2) is 0 Å². The van der Waals surface area contributed by atoms with Crippen molar-refractivity contribution in [1.29, 1.82) is 0 Å². The Balaban J connectivity index is 3.15. The van der Waals surface area contributed by atoms with E-state index in [0.29, 0.717) is 22.6 Å². The molecule has 0 saturated carbocycles. The molecule has 7 heteroatoms. The summed E-state index contributed by atoms with van der Waals surface area (Å²) in [5.41, 5.74) is 6.67. The summed E-state index contributed by atoms with van der Waals surface area (Å²) in [6.07, 6.45) is 0.551. The summed E-state index contributed by atoms with van der Waals surface area (Å²) < 4.78 is 27.0. The molecule has 4 nitrogen and oxygen atoms in total. The van der Waals surface area contributed by atoms with E-state index in [2.05, 4.69) is 4.72 Å². The Kier molecular flexibility index (Phi) is 5.65. The smallest absolute Gasteiger partial charge is 0.242 e. The molecule has 0 fully saturated rings. The van der Waals surface area contributed by atoms with Gasteiger partial charge in [-0.3, -0.25) is 0 Å². The van der Waals surface area contributed by atoms with E-state index < -0.39 is 10.0 Å². The first-order chi connectivity index (χ1) is 8.66. The largest absolute Gasteiger partial charge is 0.328 e. The molecule has 19 heavy (non-hydrogen) atoms. The maximum atomic E-state index is 12.3. The molecule has 0 radical (unpaired) electrons. The van der Waals surface area contributed by atoms with Gasteiger partial charge < -0.3 is 5.73 Å². The minimum atomic E-state index is -3.68. The molecule has 0 aliphatic rings. The third-order valence-corrected chi connectivity index (χ3v) is 5.37. The Morgan fingerprint density at radius 3 is 2.47 bits per heavy atom. The van der Waals surface area contributed by atoms with E-state index in [4.69, 9.17) is 28.9 Å². The third-order valence-electron chi connectivity index (χ3n) is 2.75. The lowest BCUT2D eigenvalue weighted by molar-refractivity contribution is 0.571. The molecule has 0 spiro atoms. The molecule has 1 unspecified atom stereocenters. The van der Waals surface area contributed by atoms with Gasteiger partial charge in [-0.2, -0.15) is 0 Å². The summed E-state index contributed by atoms with van der Waals surface area (Å²) in [7, 11) is -3.68. The van der Waals surface area contributed by atoms with Crippen molar-refractivity contribution in [2.75, 3.05) is 6.54 Å². The van der Waals surface area contributed by atoms with Gasteiger partial charge in [0, 0.05) is 17.6 Å². The van der Waals surface area contributed by atoms with Crippen molar-refractivity contribution in [3.8, 4) is 0 Å². The molecule has 108 valence electrons. The first-order valence-corrected chi connectivity index (χ1v) is 8.11. The molecule has 0 amide bonds. The van der Waals surface area contributed by atoms with Gasteiger partial charge in [-0.05, 0) is 44.4 Å². The molecule has 0 bridgehead atoms. The number of aryl methyl sites for hydroxylation is 1. The number of hydrogen-bond donors (Lipinski definition) is 2. The standard InChI is InChI=1S/C12H18Cl2N2O2S/c1-7-6-10(13)9(3)12(11(7)14)19(17,18)16-5-4-8(2)15/h6,8,16H,4-5,15H2,1-3H3. The number of sulfonamides is 1. The molecule has 0 aromatic heterocycles. The first kappa shape index (κ1) is 16.7. The van der Waals surface area contributed by atoms with E-state index in [-0.39, 0.29) is 22.5 Å². The Morgan fingerprint density at radius 2 is 1.95 bits per heavy atom. The third kappa shape index (κ3) is 4.07. The fourth-order valence-corrected chi connectivity index (χ4v) is 3.88. The van der Waals surface area contributed by atoms with Crippen LogP contribution >= 0.6 is 23.2 Å². The van der Waals surface area contributed by atoms with Crippen LogP contribution in [0.15, 0.2) is 11.0 Å². The Bertz CT molecular complexity index is 545. The lowest BCUT2D eigenvalue weighted by Gasteiger charge is -2.14. The van der Waals surface area contributed by atoms with Gasteiger partial charge in [0.25, 0.3) is 0 Å². The molecule has 0 heterocycles. The molecule has 3 N–H and O–H groups in total. The van der Waals surface area contributed by atoms with Crippen LogP contribution in [0.3, 0.4) is 0 Å². The van der Waals surface area contributed by atoms with Crippen molar-refractivity contribution in [3.05, 3.63) is 27.2 Å². The lowest BCUT2D eigenvalue weighted by Crippen LogP contribution is -2.29. The number of hydrogen-bond acceptors (Lipinski definition) is 3. The van der Waals surface area contributed by atoms with Crippen molar-refractivity contribution in [2.45, 2.75) is 38.1 Å². The molecule has 1 atom stereocenters. The van der Waals surface area contributed by atoms with Crippen molar-refractivity contribution in [1.82, 2.24) is 4.72 Å². The number of rotatable bonds is 5. The first-order valence-electron chi connectivity index (χ1n) is 5.87. The van der Waals surface area contributed by atoms with Gasteiger partial charge in [-0.15, -0.1) is 0 Å². The van der Waals surface area contributed by atoms with Crippen molar-refractivity contribution < 1.29 is 8.42 Å². The second-order valence-corrected chi connectivity index (χ2v) is 7.10. The monoisotopic (exact) mass is 324 g/mol. The van der Waals surface area contributed by atoms with Crippen molar-refractivity contribution in [3.63, 3.8) is 0 Å². The average molecular weight is 325 g/mol. The second-order valence-electron chi connectivity index (χ2n) is 4.61. The SMILES string of the molecule is Cc1cc(Cl)c(C)c(S(=O)(=O)NCCC(C)N)c1Cl. The van der Waals surface area contributed by atoms with Gasteiger partial charge in [-0.1, -0.05) is 23.2 Å². The van der Waals surface area contributed by atoms with Crippen LogP contribution in [0.25, 0.3) is 0 Å². The van der Waals surface area contributed by atoms with Crippen LogP contribution in [0.4, 0.5) is 0 Å². The minimum Gasteiger partial charge on any atom is -0.328 e. The number of nitrogens with one attached hydrogen (secondary N) is 1. The highest BCUT2D eigenvalue weighted by Crippen LogP contribution is 2.33. The maximum Gasteiger partial charge on any atom is 0.242 e. The fraction of sp³-hybridized carbons (Fsp3) is 0.500. The number of halogens is 2. The van der Waals surface area contributed by atoms with Gasteiger partial charge >= 0.3 is 0 Å². The van der Waals surface area contributed by atoms with Crippen LogP contribution in [-0.2, 0) is 10.0 Å². The van der Waals surface area contributed by atoms with Crippen LogP contribution in [0.5, 0.6) is 0 Å². The van der Waals surface area contributed by atoms with Crippen molar-refractivity contribution in [2.24, 2.45) is 5.73 Å². The van der Waals surface area contributed by atoms with E-state index >= 15 is 0 Å². The zero-order valence-electron chi connectivity index (χ0n) is 11.1. The maximum absolute atomic E-state index is 12.3. The van der Waals surface area contributed by atoms with Crippen LogP contribution in [-0.4, -0.2) is 21.0 Å². The fourth-order valence-electron chi connectivity index (χ4n) is 1.63. The topological polar surface area (TPSA) is 72.2 Å². The van der Waals surface area contributed by atoms with Crippen LogP contribution in [0.2, 0.25) is 10.0 Å². The van der Waals surface area contributed by atoms with Crippen LogP contribution < -0.4 is 10.5 Å². The van der Waals surface area contributed by atoms with E-state index in [1.807, 2.05) is 6.92 Å². The van der Waals surface area contributed by atoms with Gasteiger partial charge in [0.1, 0.15) is 4.90 Å². The summed E-state index contributed by atoms with van der Waals surface area (Å²) in [6, 6.07) is 1.58. The zero-order valence-corrected chi connectivity index (χ0v) is 13.5. The van der Waals surface area contributed by atoms with Crippen molar-refractivity contribution >= 4 is 33.2 Å². The lowest BCUT2D eigenvalue weighted by atomic mass is 10.2.